The van der Waals surface area contributed by atoms with Crippen molar-refractivity contribution >= 4 is 17.6 Å². The molecule has 0 amide bonds. The van der Waals surface area contributed by atoms with Gasteiger partial charge in [-0.3, -0.25) is 0 Å². The Bertz CT molecular complexity index is 408. The zero-order chi connectivity index (χ0) is 12.5. The Hall–Kier alpha value is -0.960. The molecule has 0 aliphatic carbocycles. The first-order chi connectivity index (χ1) is 7.45. The second kappa shape index (κ2) is 4.91. The largest absolute Gasteiger partial charge is 0.465 e. The summed E-state index contributed by atoms with van der Waals surface area (Å²) in [6.45, 7) is 8.86. The van der Waals surface area contributed by atoms with E-state index in [1.807, 2.05) is 13.8 Å². The van der Waals surface area contributed by atoms with Gasteiger partial charge in [0.25, 0.3) is 0 Å². The highest BCUT2D eigenvalue weighted by atomic mass is 35.5. The van der Waals surface area contributed by atoms with Gasteiger partial charge in [0.15, 0.2) is 0 Å². The van der Waals surface area contributed by atoms with Crippen molar-refractivity contribution in [2.45, 2.75) is 40.2 Å². The van der Waals surface area contributed by atoms with Gasteiger partial charge in [0.2, 0.25) is 0 Å². The SMILES string of the molecule is CCn1c(C)c(C(=O)OC)c(Cl)c1C(C)C. The quantitative estimate of drug-likeness (QED) is 0.762. The predicted octanol–water partition coefficient (Wildman–Crippen LogP) is 3.38. The van der Waals surface area contributed by atoms with E-state index in [0.29, 0.717) is 10.6 Å². The topological polar surface area (TPSA) is 31.2 Å². The predicted molar refractivity (Wildman–Crippen MR) is 65.3 cm³/mol. The number of rotatable bonds is 3. The number of esters is 1. The van der Waals surface area contributed by atoms with E-state index in [4.69, 9.17) is 16.3 Å². The van der Waals surface area contributed by atoms with Crippen molar-refractivity contribution in [1.82, 2.24) is 4.57 Å². The van der Waals surface area contributed by atoms with E-state index >= 15 is 0 Å². The molecule has 0 fully saturated rings. The van der Waals surface area contributed by atoms with Gasteiger partial charge in [-0.05, 0) is 19.8 Å². The van der Waals surface area contributed by atoms with Crippen LogP contribution in [0.3, 0.4) is 0 Å². The molecule has 1 heterocycles. The summed E-state index contributed by atoms with van der Waals surface area (Å²) < 4.78 is 6.82. The van der Waals surface area contributed by atoms with Crippen molar-refractivity contribution in [3.8, 4) is 0 Å². The summed E-state index contributed by atoms with van der Waals surface area (Å²) in [4.78, 5) is 11.6. The highest BCUT2D eigenvalue weighted by Crippen LogP contribution is 2.33. The van der Waals surface area contributed by atoms with E-state index in [9.17, 15) is 4.79 Å². The summed E-state index contributed by atoms with van der Waals surface area (Å²) >= 11 is 6.26. The van der Waals surface area contributed by atoms with Gasteiger partial charge in [0, 0.05) is 17.9 Å². The van der Waals surface area contributed by atoms with Crippen LogP contribution >= 0.6 is 11.6 Å². The number of hydrogen-bond acceptors (Lipinski definition) is 2. The molecule has 0 aliphatic rings. The van der Waals surface area contributed by atoms with Gasteiger partial charge in [-0.1, -0.05) is 25.4 Å². The summed E-state index contributed by atoms with van der Waals surface area (Å²) in [5.74, 6) is -0.0823. The summed E-state index contributed by atoms with van der Waals surface area (Å²) in [5, 5.41) is 0.529. The van der Waals surface area contributed by atoms with Crippen molar-refractivity contribution in [3.05, 3.63) is 22.0 Å². The molecule has 3 nitrogen and oxygen atoms in total. The Morgan fingerprint density at radius 3 is 2.38 bits per heavy atom. The average Bonchev–Trinajstić information content (AvgIpc) is 2.48. The van der Waals surface area contributed by atoms with Crippen LogP contribution in [0, 0.1) is 6.92 Å². The lowest BCUT2D eigenvalue weighted by molar-refractivity contribution is 0.0600. The van der Waals surface area contributed by atoms with Gasteiger partial charge in [-0.2, -0.15) is 0 Å². The maximum Gasteiger partial charge on any atom is 0.341 e. The summed E-state index contributed by atoms with van der Waals surface area (Å²) in [5.41, 5.74) is 2.37. The molecular weight excluding hydrogens is 226 g/mol. The van der Waals surface area contributed by atoms with E-state index in [1.165, 1.54) is 7.11 Å². The fourth-order valence-corrected chi connectivity index (χ4v) is 2.57. The molecule has 1 aromatic rings. The van der Waals surface area contributed by atoms with Crippen LogP contribution in [0.25, 0.3) is 0 Å². The number of aromatic nitrogens is 1. The number of carbonyl (C=O) groups is 1. The Labute approximate surface area is 101 Å². The fourth-order valence-electron chi connectivity index (χ4n) is 2.03. The Morgan fingerprint density at radius 1 is 1.50 bits per heavy atom. The van der Waals surface area contributed by atoms with Crippen LogP contribution in [-0.4, -0.2) is 17.6 Å². The van der Waals surface area contributed by atoms with E-state index in [2.05, 4.69) is 18.4 Å². The maximum atomic E-state index is 11.6. The van der Waals surface area contributed by atoms with Crippen molar-refractivity contribution in [3.63, 3.8) is 0 Å². The number of methoxy groups -OCH3 is 1. The van der Waals surface area contributed by atoms with Crippen molar-refractivity contribution in [2.75, 3.05) is 7.11 Å². The number of hydrogen-bond donors (Lipinski definition) is 0. The smallest absolute Gasteiger partial charge is 0.341 e. The molecule has 16 heavy (non-hydrogen) atoms. The molecule has 1 aromatic heterocycles. The molecular formula is C12H18ClNO2. The first-order valence-corrected chi connectivity index (χ1v) is 5.80. The van der Waals surface area contributed by atoms with Gasteiger partial charge in [-0.15, -0.1) is 0 Å². The summed E-state index contributed by atoms with van der Waals surface area (Å²) in [6, 6.07) is 0. The van der Waals surface area contributed by atoms with Gasteiger partial charge in [-0.25, -0.2) is 4.79 Å². The molecule has 0 unspecified atom stereocenters. The third-order valence-electron chi connectivity index (χ3n) is 2.75. The van der Waals surface area contributed by atoms with Gasteiger partial charge in [0.1, 0.15) is 0 Å². The monoisotopic (exact) mass is 243 g/mol. The van der Waals surface area contributed by atoms with E-state index in [-0.39, 0.29) is 11.9 Å². The molecule has 0 spiro atoms. The lowest BCUT2D eigenvalue weighted by Crippen LogP contribution is -2.06. The molecule has 90 valence electrons. The minimum Gasteiger partial charge on any atom is -0.465 e. The van der Waals surface area contributed by atoms with Crippen LogP contribution in [0.15, 0.2) is 0 Å². The van der Waals surface area contributed by atoms with Crippen molar-refractivity contribution in [1.29, 1.82) is 0 Å². The number of halogens is 1. The number of carbonyl (C=O) groups excluding carboxylic acids is 1. The van der Waals surface area contributed by atoms with Crippen molar-refractivity contribution in [2.24, 2.45) is 0 Å². The Balaban J connectivity index is 3.47. The van der Waals surface area contributed by atoms with Gasteiger partial charge >= 0.3 is 5.97 Å². The molecule has 1 rings (SSSR count). The molecule has 0 aliphatic heterocycles. The molecule has 0 saturated heterocycles. The molecule has 0 aromatic carbocycles. The standard InChI is InChI=1S/C12H18ClNO2/c1-6-14-8(4)9(12(15)16-5)10(13)11(14)7(2)3/h7H,6H2,1-5H3. The molecule has 0 saturated carbocycles. The minimum atomic E-state index is -0.364. The van der Waals surface area contributed by atoms with E-state index in [0.717, 1.165) is 17.9 Å². The van der Waals surface area contributed by atoms with Crippen molar-refractivity contribution < 1.29 is 9.53 Å². The zero-order valence-electron chi connectivity index (χ0n) is 10.4. The van der Waals surface area contributed by atoms with E-state index in [1.54, 1.807) is 0 Å². The van der Waals surface area contributed by atoms with Crippen LogP contribution in [0.2, 0.25) is 5.02 Å². The third kappa shape index (κ3) is 1.96. The van der Waals surface area contributed by atoms with Gasteiger partial charge < -0.3 is 9.30 Å². The molecule has 4 heteroatoms. The summed E-state index contributed by atoms with van der Waals surface area (Å²) in [6.07, 6.45) is 0. The fraction of sp³-hybridized carbons (Fsp3) is 0.583. The second-order valence-electron chi connectivity index (χ2n) is 4.05. The average molecular weight is 244 g/mol. The maximum absolute atomic E-state index is 11.6. The first-order valence-electron chi connectivity index (χ1n) is 5.42. The van der Waals surface area contributed by atoms with Crippen LogP contribution in [0.1, 0.15) is 48.4 Å². The van der Waals surface area contributed by atoms with E-state index < -0.39 is 0 Å². The number of nitrogens with zero attached hydrogens (tertiary/aromatic N) is 1. The molecule has 0 bridgehead atoms. The van der Waals surface area contributed by atoms with Crippen LogP contribution in [-0.2, 0) is 11.3 Å². The lowest BCUT2D eigenvalue weighted by Gasteiger charge is -2.11. The van der Waals surface area contributed by atoms with Gasteiger partial charge in [0.05, 0.1) is 17.7 Å². The zero-order valence-corrected chi connectivity index (χ0v) is 11.2. The second-order valence-corrected chi connectivity index (χ2v) is 4.43. The molecule has 0 atom stereocenters. The Morgan fingerprint density at radius 2 is 2.06 bits per heavy atom. The lowest BCUT2D eigenvalue weighted by atomic mass is 10.1. The Kier molecular flexibility index (Phi) is 4.03. The summed E-state index contributed by atoms with van der Waals surface area (Å²) in [7, 11) is 1.37. The first kappa shape index (κ1) is 13.1. The normalized spacial score (nSPS) is 10.9. The number of ether oxygens (including phenoxy) is 1. The highest BCUT2D eigenvalue weighted by molar-refractivity contribution is 6.34. The van der Waals surface area contributed by atoms with Crippen LogP contribution in [0.5, 0.6) is 0 Å². The van der Waals surface area contributed by atoms with Crippen LogP contribution < -0.4 is 0 Å². The minimum absolute atomic E-state index is 0.282. The molecule has 0 radical (unpaired) electrons. The third-order valence-corrected chi connectivity index (χ3v) is 3.14. The highest BCUT2D eigenvalue weighted by Gasteiger charge is 2.25. The van der Waals surface area contributed by atoms with Crippen LogP contribution in [0.4, 0.5) is 0 Å². The molecule has 0 N–H and O–H groups in total.